The fraction of sp³-hybridized carbons (Fsp3) is 0.240. The molecule has 0 bridgehead atoms. The Kier molecular flexibility index (Phi) is 8.28. The first-order valence-corrected chi connectivity index (χ1v) is 10.8. The highest BCUT2D eigenvalue weighted by molar-refractivity contribution is 5.95. The second-order valence-electron chi connectivity index (χ2n) is 7.58. The number of likely N-dealkylation sites (N-methyl/N-ethyl adjacent to an activating group) is 1. The van der Waals surface area contributed by atoms with Crippen LogP contribution in [0.1, 0.15) is 28.5 Å². The lowest BCUT2D eigenvalue weighted by atomic mass is 10.1. The summed E-state index contributed by atoms with van der Waals surface area (Å²) in [6, 6.07) is 19.1. The van der Waals surface area contributed by atoms with Crippen molar-refractivity contribution in [3.63, 3.8) is 0 Å². The van der Waals surface area contributed by atoms with Crippen LogP contribution < -0.4 is 10.9 Å². The third kappa shape index (κ3) is 6.61. The van der Waals surface area contributed by atoms with Crippen LogP contribution in [-0.2, 0) is 27.3 Å². The van der Waals surface area contributed by atoms with Crippen molar-refractivity contribution in [1.82, 2.24) is 14.7 Å². The first kappa shape index (κ1) is 24.4. The van der Waals surface area contributed by atoms with Crippen molar-refractivity contribution < 1.29 is 19.1 Å². The number of hydrogen-bond acceptors (Lipinski definition) is 6. The number of aromatic nitrogens is 2. The molecule has 3 aromatic rings. The molecular weight excluding hydrogens is 436 g/mol. The molecule has 1 N–H and O–H groups in total. The molecule has 0 aliphatic heterocycles. The summed E-state index contributed by atoms with van der Waals surface area (Å²) in [6.45, 7) is 1.42. The van der Waals surface area contributed by atoms with Crippen LogP contribution in [0.15, 0.2) is 71.5 Å². The second-order valence-corrected chi connectivity index (χ2v) is 7.58. The summed E-state index contributed by atoms with van der Waals surface area (Å²) in [6.07, 6.45) is 0.758. The smallest absolute Gasteiger partial charge is 0.359 e. The molecule has 9 nitrogen and oxygen atoms in total. The van der Waals surface area contributed by atoms with Gasteiger partial charge in [0, 0.05) is 18.8 Å². The zero-order valence-corrected chi connectivity index (χ0v) is 19.1. The summed E-state index contributed by atoms with van der Waals surface area (Å²) >= 11 is 0. The Bertz CT molecular complexity index is 1220. The molecule has 0 spiro atoms. The van der Waals surface area contributed by atoms with Crippen molar-refractivity contribution in [2.45, 2.75) is 19.9 Å². The van der Waals surface area contributed by atoms with Gasteiger partial charge < -0.3 is 15.0 Å². The van der Waals surface area contributed by atoms with Crippen LogP contribution in [0.25, 0.3) is 0 Å². The van der Waals surface area contributed by atoms with Crippen LogP contribution in [0.2, 0.25) is 0 Å². The number of nitrogens with one attached hydrogen (secondary N) is 1. The molecule has 0 aliphatic rings. The molecule has 0 radical (unpaired) electrons. The molecule has 0 aliphatic carbocycles. The molecule has 3 rings (SSSR count). The van der Waals surface area contributed by atoms with Crippen LogP contribution in [-0.4, -0.2) is 52.7 Å². The first-order valence-electron chi connectivity index (χ1n) is 10.8. The SMILES string of the molecule is CCc1ccccc1NC(=O)CN(C)C(=O)COC(=O)c1ccc(=O)n(Cc2ccccc2)n1. The molecule has 0 saturated carbocycles. The minimum absolute atomic E-state index is 0.0973. The van der Waals surface area contributed by atoms with Crippen molar-refractivity contribution in [2.75, 3.05) is 25.5 Å². The van der Waals surface area contributed by atoms with E-state index in [9.17, 15) is 19.2 Å². The van der Waals surface area contributed by atoms with Gasteiger partial charge in [-0.1, -0.05) is 55.5 Å². The van der Waals surface area contributed by atoms with Gasteiger partial charge in [0.15, 0.2) is 12.3 Å². The summed E-state index contributed by atoms with van der Waals surface area (Å²) in [7, 11) is 1.44. The minimum Gasteiger partial charge on any atom is -0.451 e. The van der Waals surface area contributed by atoms with Crippen molar-refractivity contribution in [1.29, 1.82) is 0 Å². The predicted octanol–water partition coefficient (Wildman–Crippen LogP) is 2.11. The monoisotopic (exact) mass is 462 g/mol. The van der Waals surface area contributed by atoms with E-state index in [-0.39, 0.29) is 30.2 Å². The van der Waals surface area contributed by atoms with Gasteiger partial charge in [0.2, 0.25) is 5.91 Å². The number of nitrogens with zero attached hydrogens (tertiary/aromatic N) is 3. The Labute approximate surface area is 197 Å². The van der Waals surface area contributed by atoms with Gasteiger partial charge in [0.25, 0.3) is 11.5 Å². The quantitative estimate of drug-likeness (QED) is 0.488. The van der Waals surface area contributed by atoms with Gasteiger partial charge in [-0.3, -0.25) is 14.4 Å². The van der Waals surface area contributed by atoms with Crippen molar-refractivity contribution in [3.8, 4) is 0 Å². The van der Waals surface area contributed by atoms with Crippen molar-refractivity contribution >= 4 is 23.5 Å². The van der Waals surface area contributed by atoms with Gasteiger partial charge in [0.1, 0.15) is 0 Å². The van der Waals surface area contributed by atoms with Crippen molar-refractivity contribution in [3.05, 3.63) is 93.9 Å². The van der Waals surface area contributed by atoms with E-state index in [1.54, 1.807) is 6.07 Å². The first-order chi connectivity index (χ1) is 16.4. The number of amides is 2. The maximum atomic E-state index is 12.4. The Morgan fingerprint density at radius 3 is 2.44 bits per heavy atom. The number of hydrogen-bond donors (Lipinski definition) is 1. The minimum atomic E-state index is -0.843. The maximum absolute atomic E-state index is 12.4. The number of aryl methyl sites for hydroxylation is 1. The van der Waals surface area contributed by atoms with Crippen LogP contribution in [0, 0.1) is 0 Å². The van der Waals surface area contributed by atoms with Crippen LogP contribution in [0.4, 0.5) is 5.69 Å². The fourth-order valence-electron chi connectivity index (χ4n) is 3.18. The standard InChI is InChI=1S/C25H26N4O5/c1-3-19-11-7-8-12-20(19)26-22(30)16-28(2)24(32)17-34-25(33)21-13-14-23(31)29(27-21)15-18-9-5-4-6-10-18/h4-14H,3,15-17H2,1-2H3,(H,26,30). The summed E-state index contributed by atoms with van der Waals surface area (Å²) in [5.41, 5.74) is 2.06. The third-order valence-corrected chi connectivity index (χ3v) is 5.06. The van der Waals surface area contributed by atoms with E-state index in [1.807, 2.05) is 55.5 Å². The van der Waals surface area contributed by atoms with E-state index in [0.29, 0.717) is 5.69 Å². The van der Waals surface area contributed by atoms with E-state index < -0.39 is 18.5 Å². The molecule has 0 atom stereocenters. The highest BCUT2D eigenvalue weighted by Crippen LogP contribution is 2.15. The van der Waals surface area contributed by atoms with E-state index in [4.69, 9.17) is 4.74 Å². The van der Waals surface area contributed by atoms with Gasteiger partial charge in [-0.2, -0.15) is 5.10 Å². The molecule has 34 heavy (non-hydrogen) atoms. The van der Waals surface area contributed by atoms with E-state index in [0.717, 1.165) is 22.2 Å². The summed E-state index contributed by atoms with van der Waals surface area (Å²) in [5, 5.41) is 6.83. The van der Waals surface area contributed by atoms with Crippen LogP contribution in [0.3, 0.4) is 0 Å². The van der Waals surface area contributed by atoms with Gasteiger partial charge >= 0.3 is 5.97 Å². The highest BCUT2D eigenvalue weighted by atomic mass is 16.5. The zero-order chi connectivity index (χ0) is 24.5. The van der Waals surface area contributed by atoms with Gasteiger partial charge in [-0.05, 0) is 29.7 Å². The molecule has 0 fully saturated rings. The molecule has 2 aromatic carbocycles. The topological polar surface area (TPSA) is 111 Å². The number of benzene rings is 2. The number of anilines is 1. The van der Waals surface area contributed by atoms with Gasteiger partial charge in [-0.15, -0.1) is 0 Å². The number of para-hydroxylation sites is 1. The molecular formula is C25H26N4O5. The molecule has 9 heteroatoms. The predicted molar refractivity (Wildman–Crippen MR) is 126 cm³/mol. The third-order valence-electron chi connectivity index (χ3n) is 5.06. The van der Waals surface area contributed by atoms with E-state index >= 15 is 0 Å². The Balaban J connectivity index is 1.54. The maximum Gasteiger partial charge on any atom is 0.359 e. The summed E-state index contributed by atoms with van der Waals surface area (Å²) in [5.74, 6) is -1.76. The lowest BCUT2D eigenvalue weighted by Crippen LogP contribution is -2.37. The Morgan fingerprint density at radius 2 is 1.71 bits per heavy atom. The molecule has 0 saturated heterocycles. The van der Waals surface area contributed by atoms with E-state index in [2.05, 4.69) is 10.4 Å². The molecule has 2 amide bonds. The Hall–Kier alpha value is -4.27. The lowest BCUT2D eigenvalue weighted by molar-refractivity contribution is -0.136. The average molecular weight is 463 g/mol. The number of carbonyl (C=O) groups is 3. The van der Waals surface area contributed by atoms with Crippen LogP contribution >= 0.6 is 0 Å². The highest BCUT2D eigenvalue weighted by Gasteiger charge is 2.18. The zero-order valence-electron chi connectivity index (χ0n) is 19.1. The largest absolute Gasteiger partial charge is 0.451 e. The molecule has 176 valence electrons. The summed E-state index contributed by atoms with van der Waals surface area (Å²) in [4.78, 5) is 50.3. The van der Waals surface area contributed by atoms with Gasteiger partial charge in [-0.25, -0.2) is 9.48 Å². The fourth-order valence-corrected chi connectivity index (χ4v) is 3.18. The lowest BCUT2D eigenvalue weighted by Gasteiger charge is -2.17. The average Bonchev–Trinajstić information content (AvgIpc) is 2.84. The van der Waals surface area contributed by atoms with E-state index in [1.165, 1.54) is 24.1 Å². The number of esters is 1. The van der Waals surface area contributed by atoms with Crippen LogP contribution in [0.5, 0.6) is 0 Å². The van der Waals surface area contributed by atoms with Gasteiger partial charge in [0.05, 0.1) is 13.1 Å². The number of carbonyl (C=O) groups excluding carboxylic acids is 3. The van der Waals surface area contributed by atoms with Crippen molar-refractivity contribution in [2.24, 2.45) is 0 Å². The number of ether oxygens (including phenoxy) is 1. The number of rotatable bonds is 9. The second kappa shape index (κ2) is 11.6. The molecule has 1 heterocycles. The molecule has 1 aromatic heterocycles. The summed E-state index contributed by atoms with van der Waals surface area (Å²) < 4.78 is 6.20. The molecule has 0 unspecified atom stereocenters. The normalized spacial score (nSPS) is 10.4. The Morgan fingerprint density at radius 1 is 1.00 bits per heavy atom.